The van der Waals surface area contributed by atoms with Crippen LogP contribution in [0.2, 0.25) is 0 Å². The van der Waals surface area contributed by atoms with Crippen molar-refractivity contribution in [1.29, 1.82) is 0 Å². The molecule has 0 amide bonds. The van der Waals surface area contributed by atoms with Gasteiger partial charge in [-0.25, -0.2) is 0 Å². The number of rotatable bonds is 6. The molecule has 0 unspecified atom stereocenters. The van der Waals surface area contributed by atoms with E-state index in [1.807, 2.05) is 24.3 Å². The molecule has 0 atom stereocenters. The Morgan fingerprint density at radius 2 is 2.00 bits per heavy atom. The third-order valence-corrected chi connectivity index (χ3v) is 2.09. The van der Waals surface area contributed by atoms with Crippen LogP contribution in [-0.4, -0.2) is 19.0 Å². The zero-order valence-electron chi connectivity index (χ0n) is 8.23. The summed E-state index contributed by atoms with van der Waals surface area (Å²) in [5, 5.41) is 0. The smallest absolute Gasteiger partial charge is 0.0650 e. The minimum absolute atomic E-state index is 0.683. The molecule has 2 heteroatoms. The zero-order chi connectivity index (χ0) is 10.1. The van der Waals surface area contributed by atoms with Crippen LogP contribution in [-0.2, 0) is 4.74 Å². The normalized spacial score (nSPS) is 10.9. The molecule has 0 N–H and O–H groups in total. The fourth-order valence-electron chi connectivity index (χ4n) is 1.07. The van der Waals surface area contributed by atoms with Gasteiger partial charge in [0.05, 0.1) is 6.61 Å². The summed E-state index contributed by atoms with van der Waals surface area (Å²) in [7, 11) is 0. The van der Waals surface area contributed by atoms with Crippen LogP contribution in [0.15, 0.2) is 36.4 Å². The average Bonchev–Trinajstić information content (AvgIpc) is 2.25. The standard InChI is InChI=1S/C12H16OS/c14-11-5-10-13-9-4-8-12-6-2-1-3-7-12/h1-4,6-8,14H,5,9-11H2/b8-4+. The molecule has 1 aromatic rings. The third-order valence-electron chi connectivity index (χ3n) is 1.77. The van der Waals surface area contributed by atoms with Gasteiger partial charge in [0.2, 0.25) is 0 Å². The van der Waals surface area contributed by atoms with E-state index in [0.29, 0.717) is 6.61 Å². The van der Waals surface area contributed by atoms with Crippen molar-refractivity contribution in [2.24, 2.45) is 0 Å². The van der Waals surface area contributed by atoms with Gasteiger partial charge >= 0.3 is 0 Å². The quantitative estimate of drug-likeness (QED) is 0.558. The third kappa shape index (κ3) is 5.10. The highest BCUT2D eigenvalue weighted by Crippen LogP contribution is 2.00. The summed E-state index contributed by atoms with van der Waals surface area (Å²) >= 11 is 4.10. The van der Waals surface area contributed by atoms with Gasteiger partial charge in [0.1, 0.15) is 0 Å². The first-order chi connectivity index (χ1) is 6.93. The predicted octanol–water partition coefficient (Wildman–Crippen LogP) is 3.04. The van der Waals surface area contributed by atoms with Crippen LogP contribution in [0.5, 0.6) is 0 Å². The van der Waals surface area contributed by atoms with Gasteiger partial charge in [0.25, 0.3) is 0 Å². The van der Waals surface area contributed by atoms with E-state index in [0.717, 1.165) is 18.8 Å². The summed E-state index contributed by atoms with van der Waals surface area (Å²) in [5.41, 5.74) is 1.21. The second-order valence-electron chi connectivity index (χ2n) is 2.97. The van der Waals surface area contributed by atoms with Crippen LogP contribution in [0.1, 0.15) is 12.0 Å². The molecule has 14 heavy (non-hydrogen) atoms. The molecule has 0 radical (unpaired) electrons. The second-order valence-corrected chi connectivity index (χ2v) is 3.41. The Morgan fingerprint density at radius 1 is 1.21 bits per heavy atom. The fraction of sp³-hybridized carbons (Fsp3) is 0.333. The summed E-state index contributed by atoms with van der Waals surface area (Å²) in [4.78, 5) is 0. The fourth-order valence-corrected chi connectivity index (χ4v) is 1.20. The molecule has 1 nitrogen and oxygen atoms in total. The molecule has 0 saturated carbocycles. The second kappa shape index (κ2) is 7.65. The molecule has 1 aromatic carbocycles. The Balaban J connectivity index is 2.15. The number of thiol groups is 1. The Labute approximate surface area is 91.2 Å². The maximum absolute atomic E-state index is 5.36. The van der Waals surface area contributed by atoms with Crippen molar-refractivity contribution < 1.29 is 4.74 Å². The number of hydrogen-bond acceptors (Lipinski definition) is 2. The van der Waals surface area contributed by atoms with E-state index >= 15 is 0 Å². The van der Waals surface area contributed by atoms with E-state index in [9.17, 15) is 0 Å². The lowest BCUT2D eigenvalue weighted by Gasteiger charge is -1.97. The molecule has 0 aliphatic heterocycles. The lowest BCUT2D eigenvalue weighted by molar-refractivity contribution is 0.164. The monoisotopic (exact) mass is 208 g/mol. The first kappa shape index (κ1) is 11.3. The van der Waals surface area contributed by atoms with Gasteiger partial charge in [-0.05, 0) is 17.7 Å². The van der Waals surface area contributed by atoms with E-state index in [1.54, 1.807) is 0 Å². The minimum atomic E-state index is 0.683. The highest BCUT2D eigenvalue weighted by molar-refractivity contribution is 7.80. The average molecular weight is 208 g/mol. The molecule has 0 aromatic heterocycles. The Morgan fingerprint density at radius 3 is 2.71 bits per heavy atom. The van der Waals surface area contributed by atoms with Crippen LogP contribution >= 0.6 is 12.6 Å². The van der Waals surface area contributed by atoms with Crippen LogP contribution in [0.3, 0.4) is 0 Å². The molecular formula is C12H16OS. The maximum atomic E-state index is 5.36. The van der Waals surface area contributed by atoms with E-state index in [4.69, 9.17) is 4.74 Å². The predicted molar refractivity (Wildman–Crippen MR) is 64.8 cm³/mol. The van der Waals surface area contributed by atoms with Gasteiger partial charge in [0.15, 0.2) is 0 Å². The zero-order valence-corrected chi connectivity index (χ0v) is 9.12. The van der Waals surface area contributed by atoms with Crippen molar-refractivity contribution in [3.63, 3.8) is 0 Å². The summed E-state index contributed by atoms with van der Waals surface area (Å²) in [6.07, 6.45) is 5.12. The Hall–Kier alpha value is -0.730. The highest BCUT2D eigenvalue weighted by atomic mass is 32.1. The number of hydrogen-bond donors (Lipinski definition) is 1. The Kier molecular flexibility index (Phi) is 6.20. The first-order valence-electron chi connectivity index (χ1n) is 4.83. The van der Waals surface area contributed by atoms with Gasteiger partial charge in [-0.15, -0.1) is 0 Å². The number of ether oxygens (including phenoxy) is 1. The molecule has 1 rings (SSSR count). The van der Waals surface area contributed by atoms with E-state index in [1.165, 1.54) is 5.56 Å². The summed E-state index contributed by atoms with van der Waals surface area (Å²) < 4.78 is 5.36. The summed E-state index contributed by atoms with van der Waals surface area (Å²) in [5.74, 6) is 0.891. The first-order valence-corrected chi connectivity index (χ1v) is 5.47. The van der Waals surface area contributed by atoms with Gasteiger partial charge in [-0.2, -0.15) is 12.6 Å². The summed E-state index contributed by atoms with van der Waals surface area (Å²) in [6.45, 7) is 1.48. The van der Waals surface area contributed by atoms with E-state index in [-0.39, 0.29) is 0 Å². The van der Waals surface area contributed by atoms with Crippen molar-refractivity contribution in [2.75, 3.05) is 19.0 Å². The lowest BCUT2D eigenvalue weighted by Crippen LogP contribution is -1.94. The van der Waals surface area contributed by atoms with E-state index in [2.05, 4.69) is 30.8 Å². The molecule has 0 fully saturated rings. The van der Waals surface area contributed by atoms with Gasteiger partial charge in [-0.1, -0.05) is 42.5 Å². The lowest BCUT2D eigenvalue weighted by atomic mass is 10.2. The van der Waals surface area contributed by atoms with Crippen molar-refractivity contribution in [3.8, 4) is 0 Å². The van der Waals surface area contributed by atoms with Gasteiger partial charge in [0, 0.05) is 6.61 Å². The molecule has 0 saturated heterocycles. The van der Waals surface area contributed by atoms with Crippen LogP contribution in [0, 0.1) is 0 Å². The molecule has 0 aliphatic carbocycles. The highest BCUT2D eigenvalue weighted by Gasteiger charge is 1.84. The summed E-state index contributed by atoms with van der Waals surface area (Å²) in [6, 6.07) is 10.2. The molecule has 0 aliphatic rings. The van der Waals surface area contributed by atoms with Gasteiger partial charge < -0.3 is 4.74 Å². The SMILES string of the molecule is SCCCOC/C=C/c1ccccc1. The van der Waals surface area contributed by atoms with Crippen molar-refractivity contribution >= 4 is 18.7 Å². The van der Waals surface area contributed by atoms with Crippen molar-refractivity contribution in [2.45, 2.75) is 6.42 Å². The van der Waals surface area contributed by atoms with Crippen LogP contribution < -0.4 is 0 Å². The van der Waals surface area contributed by atoms with Crippen molar-refractivity contribution in [3.05, 3.63) is 42.0 Å². The molecule has 0 heterocycles. The largest absolute Gasteiger partial charge is 0.377 e. The van der Waals surface area contributed by atoms with Crippen LogP contribution in [0.25, 0.3) is 6.08 Å². The number of benzene rings is 1. The Bertz CT molecular complexity index is 256. The van der Waals surface area contributed by atoms with Crippen molar-refractivity contribution in [1.82, 2.24) is 0 Å². The molecule has 0 bridgehead atoms. The maximum Gasteiger partial charge on any atom is 0.0650 e. The van der Waals surface area contributed by atoms with E-state index < -0.39 is 0 Å². The van der Waals surface area contributed by atoms with Gasteiger partial charge in [-0.3, -0.25) is 0 Å². The minimum Gasteiger partial charge on any atom is -0.377 e. The molecular weight excluding hydrogens is 192 g/mol. The molecule has 76 valence electrons. The molecule has 0 spiro atoms. The van der Waals surface area contributed by atoms with Crippen LogP contribution in [0.4, 0.5) is 0 Å². The topological polar surface area (TPSA) is 9.23 Å².